The van der Waals surface area contributed by atoms with Crippen LogP contribution < -0.4 is 11.1 Å². The molecule has 7 nitrogen and oxygen atoms in total. The van der Waals surface area contributed by atoms with E-state index < -0.39 is 0 Å². The molecule has 2 aliphatic rings. The standard InChI is InChI=1S/C24H30N6O/c1-2-3-10-26-22-21-20(28-23(25)29-22)9-8-19(27-21)11-17-4-6-18(7-5-17)12-30-13-24(14-30)15-31-16-24/h4-9H,2-3,10-16H2,1H3,(H3,25,26,28,29). The normalized spacial score (nSPS) is 17.5. The number of nitrogens with one attached hydrogen (secondary N) is 1. The largest absolute Gasteiger partial charge is 0.380 e. The van der Waals surface area contributed by atoms with Gasteiger partial charge in [-0.1, -0.05) is 37.6 Å². The Bertz CT molecular complexity index is 1060. The van der Waals surface area contributed by atoms with Crippen LogP contribution in [0.3, 0.4) is 0 Å². The molecule has 0 saturated carbocycles. The van der Waals surface area contributed by atoms with Crippen molar-refractivity contribution >= 4 is 22.8 Å². The second-order valence-electron chi connectivity index (χ2n) is 9.01. The molecule has 0 bridgehead atoms. The number of nitrogens with two attached hydrogens (primary N) is 1. The van der Waals surface area contributed by atoms with E-state index in [1.54, 1.807) is 0 Å². The van der Waals surface area contributed by atoms with Gasteiger partial charge < -0.3 is 15.8 Å². The first-order valence-corrected chi connectivity index (χ1v) is 11.2. The number of fused-ring (bicyclic) bond motifs is 1. The first-order chi connectivity index (χ1) is 15.1. The molecule has 31 heavy (non-hydrogen) atoms. The highest BCUT2D eigenvalue weighted by atomic mass is 16.5. The SMILES string of the molecule is CCCCNc1nc(N)nc2ccc(Cc3ccc(CN4CC5(COC5)C4)cc3)nc12. The average Bonchev–Trinajstić information content (AvgIpc) is 2.70. The van der Waals surface area contributed by atoms with Crippen molar-refractivity contribution in [3.05, 3.63) is 53.2 Å². The number of rotatable bonds is 8. The van der Waals surface area contributed by atoms with Crippen molar-refractivity contribution in [3.63, 3.8) is 0 Å². The van der Waals surface area contributed by atoms with Crippen LogP contribution in [0.1, 0.15) is 36.6 Å². The van der Waals surface area contributed by atoms with E-state index >= 15 is 0 Å². The zero-order valence-corrected chi connectivity index (χ0v) is 18.1. The maximum Gasteiger partial charge on any atom is 0.222 e. The van der Waals surface area contributed by atoms with Crippen LogP contribution in [0, 0.1) is 5.41 Å². The van der Waals surface area contributed by atoms with Gasteiger partial charge >= 0.3 is 0 Å². The van der Waals surface area contributed by atoms with Crippen LogP contribution in [0.5, 0.6) is 0 Å². The Balaban J connectivity index is 1.26. The summed E-state index contributed by atoms with van der Waals surface area (Å²) in [5.41, 5.74) is 11.5. The van der Waals surface area contributed by atoms with E-state index in [-0.39, 0.29) is 5.95 Å². The predicted octanol–water partition coefficient (Wildman–Crippen LogP) is 3.24. The van der Waals surface area contributed by atoms with Crippen molar-refractivity contribution in [2.75, 3.05) is 43.9 Å². The quantitative estimate of drug-likeness (QED) is 0.543. The van der Waals surface area contributed by atoms with Crippen LogP contribution in [0.2, 0.25) is 0 Å². The van der Waals surface area contributed by atoms with Crippen molar-refractivity contribution in [1.29, 1.82) is 0 Å². The number of nitrogen functional groups attached to an aromatic ring is 1. The molecule has 2 saturated heterocycles. The monoisotopic (exact) mass is 418 g/mol. The number of hydrogen-bond donors (Lipinski definition) is 2. The lowest BCUT2D eigenvalue weighted by Gasteiger charge is -2.55. The Morgan fingerprint density at radius 3 is 2.52 bits per heavy atom. The van der Waals surface area contributed by atoms with Crippen LogP contribution in [0.25, 0.3) is 11.0 Å². The summed E-state index contributed by atoms with van der Waals surface area (Å²) in [5, 5.41) is 3.37. The highest BCUT2D eigenvalue weighted by Gasteiger charge is 2.48. The van der Waals surface area contributed by atoms with Crippen LogP contribution in [0.4, 0.5) is 11.8 Å². The van der Waals surface area contributed by atoms with Crippen molar-refractivity contribution in [2.45, 2.75) is 32.7 Å². The summed E-state index contributed by atoms with van der Waals surface area (Å²) in [6, 6.07) is 12.9. The number of anilines is 2. The number of hydrogen-bond acceptors (Lipinski definition) is 7. The van der Waals surface area contributed by atoms with Gasteiger partial charge in [0, 0.05) is 43.7 Å². The van der Waals surface area contributed by atoms with E-state index in [4.69, 9.17) is 15.5 Å². The molecule has 0 amide bonds. The molecule has 0 unspecified atom stereocenters. The van der Waals surface area contributed by atoms with Gasteiger partial charge in [0.1, 0.15) is 5.52 Å². The van der Waals surface area contributed by atoms with Gasteiger partial charge in [-0.3, -0.25) is 4.90 Å². The fraction of sp³-hybridized carbons (Fsp3) is 0.458. The smallest absolute Gasteiger partial charge is 0.222 e. The number of ether oxygens (including phenoxy) is 1. The molecular formula is C24H30N6O. The van der Waals surface area contributed by atoms with Crippen LogP contribution in [-0.2, 0) is 17.7 Å². The topological polar surface area (TPSA) is 89.2 Å². The highest BCUT2D eigenvalue weighted by Crippen LogP contribution is 2.38. The molecule has 1 aromatic carbocycles. The van der Waals surface area contributed by atoms with Gasteiger partial charge in [-0.2, -0.15) is 4.98 Å². The fourth-order valence-corrected chi connectivity index (χ4v) is 4.50. The summed E-state index contributed by atoms with van der Waals surface area (Å²) in [6.07, 6.45) is 2.97. The van der Waals surface area contributed by atoms with Gasteiger partial charge in [0.05, 0.1) is 18.7 Å². The number of pyridine rings is 1. The van der Waals surface area contributed by atoms with E-state index in [2.05, 4.69) is 51.4 Å². The van der Waals surface area contributed by atoms with Gasteiger partial charge in [-0.15, -0.1) is 0 Å². The lowest BCUT2D eigenvalue weighted by molar-refractivity contribution is -0.191. The van der Waals surface area contributed by atoms with Crippen LogP contribution in [-0.4, -0.2) is 52.7 Å². The van der Waals surface area contributed by atoms with Gasteiger partial charge in [-0.05, 0) is 29.7 Å². The Morgan fingerprint density at radius 2 is 1.81 bits per heavy atom. The molecule has 1 spiro atoms. The van der Waals surface area contributed by atoms with Crippen molar-refractivity contribution in [1.82, 2.24) is 19.9 Å². The van der Waals surface area contributed by atoms with Gasteiger partial charge in [0.25, 0.3) is 0 Å². The molecule has 7 heteroatoms. The number of unbranched alkanes of at least 4 members (excludes halogenated alkanes) is 1. The Hall–Kier alpha value is -2.77. The summed E-state index contributed by atoms with van der Waals surface area (Å²) in [6.45, 7) is 8.23. The number of benzene rings is 1. The third-order valence-corrected chi connectivity index (χ3v) is 6.19. The van der Waals surface area contributed by atoms with Crippen LogP contribution in [0.15, 0.2) is 36.4 Å². The lowest BCUT2D eigenvalue weighted by atomic mass is 9.78. The molecule has 5 rings (SSSR count). The summed E-state index contributed by atoms with van der Waals surface area (Å²) >= 11 is 0. The van der Waals surface area contributed by atoms with Gasteiger partial charge in [-0.25, -0.2) is 9.97 Å². The average molecular weight is 419 g/mol. The maximum absolute atomic E-state index is 5.88. The summed E-state index contributed by atoms with van der Waals surface area (Å²) in [5.74, 6) is 0.993. The Kier molecular flexibility index (Phi) is 5.46. The minimum atomic E-state index is 0.273. The minimum Gasteiger partial charge on any atom is -0.380 e. The molecule has 0 aliphatic carbocycles. The summed E-state index contributed by atoms with van der Waals surface area (Å²) in [7, 11) is 0. The molecule has 2 aliphatic heterocycles. The van der Waals surface area contributed by atoms with Crippen LogP contribution >= 0.6 is 0 Å². The van der Waals surface area contributed by atoms with E-state index in [1.807, 2.05) is 12.1 Å². The third-order valence-electron chi connectivity index (χ3n) is 6.19. The van der Waals surface area contributed by atoms with Crippen molar-refractivity contribution < 1.29 is 4.74 Å². The number of nitrogens with zero attached hydrogens (tertiary/aromatic N) is 4. The molecule has 0 radical (unpaired) electrons. The lowest BCUT2D eigenvalue weighted by Crippen LogP contribution is -2.65. The van der Waals surface area contributed by atoms with E-state index in [0.29, 0.717) is 5.41 Å². The molecule has 162 valence electrons. The van der Waals surface area contributed by atoms with E-state index in [9.17, 15) is 0 Å². The molecule has 3 N–H and O–H groups in total. The number of aromatic nitrogens is 3. The minimum absolute atomic E-state index is 0.273. The molecular weight excluding hydrogens is 388 g/mol. The summed E-state index contributed by atoms with van der Waals surface area (Å²) in [4.78, 5) is 16.1. The highest BCUT2D eigenvalue weighted by molar-refractivity contribution is 5.86. The molecule has 3 aromatic rings. The first-order valence-electron chi connectivity index (χ1n) is 11.2. The Labute approximate surface area is 183 Å². The van der Waals surface area contributed by atoms with E-state index in [0.717, 1.165) is 81.2 Å². The molecule has 4 heterocycles. The molecule has 2 fully saturated rings. The molecule has 2 aromatic heterocycles. The zero-order valence-electron chi connectivity index (χ0n) is 18.1. The Morgan fingerprint density at radius 1 is 1.03 bits per heavy atom. The first kappa shape index (κ1) is 20.2. The van der Waals surface area contributed by atoms with Gasteiger partial charge in [0.15, 0.2) is 5.82 Å². The zero-order chi connectivity index (χ0) is 21.3. The second kappa shape index (κ2) is 8.40. The van der Waals surface area contributed by atoms with Gasteiger partial charge in [0.2, 0.25) is 5.95 Å². The van der Waals surface area contributed by atoms with E-state index in [1.165, 1.54) is 11.1 Å². The number of likely N-dealkylation sites (tertiary alicyclic amines) is 1. The van der Waals surface area contributed by atoms with Crippen molar-refractivity contribution in [2.24, 2.45) is 5.41 Å². The maximum atomic E-state index is 5.88. The van der Waals surface area contributed by atoms with Crippen molar-refractivity contribution in [3.8, 4) is 0 Å². The molecule has 0 atom stereocenters. The second-order valence-corrected chi connectivity index (χ2v) is 9.01. The predicted molar refractivity (Wildman–Crippen MR) is 123 cm³/mol. The third kappa shape index (κ3) is 4.34. The summed E-state index contributed by atoms with van der Waals surface area (Å²) < 4.78 is 5.36. The fourth-order valence-electron chi connectivity index (χ4n) is 4.50.